The number of halogens is 1. The highest BCUT2D eigenvalue weighted by molar-refractivity contribution is 14.1. The molecule has 21 heavy (non-hydrogen) atoms. The minimum absolute atomic E-state index is 0.323. The number of allylic oxidation sites excluding steroid dienone is 1. The number of hydrogen-bond donors (Lipinski definition) is 1. The molecule has 0 saturated carbocycles. The monoisotopic (exact) mass is 400 g/mol. The van der Waals surface area contributed by atoms with E-state index in [2.05, 4.69) is 59.0 Å². The van der Waals surface area contributed by atoms with Gasteiger partial charge in [-0.05, 0) is 59.5 Å². The number of carbonyl (C=O) groups is 1. The Morgan fingerprint density at radius 1 is 0.952 bits per heavy atom. The summed E-state index contributed by atoms with van der Waals surface area (Å²) in [5.41, 5.74) is 1.27. The first-order valence-electron chi connectivity index (χ1n) is 7.82. The van der Waals surface area contributed by atoms with E-state index >= 15 is 0 Å². The molecule has 0 amide bonds. The number of aliphatic carboxylic acids is 1. The van der Waals surface area contributed by atoms with E-state index in [0.717, 1.165) is 19.3 Å². The van der Waals surface area contributed by atoms with E-state index < -0.39 is 5.97 Å². The van der Waals surface area contributed by atoms with Gasteiger partial charge in [0.25, 0.3) is 0 Å². The lowest BCUT2D eigenvalue weighted by Gasteiger charge is -2.00. The summed E-state index contributed by atoms with van der Waals surface area (Å²) in [6.07, 6.45) is 14.0. The number of carboxylic acids is 1. The Morgan fingerprint density at radius 3 is 2.14 bits per heavy atom. The summed E-state index contributed by atoms with van der Waals surface area (Å²) < 4.78 is 1.27. The predicted octanol–water partition coefficient (Wildman–Crippen LogP) is 5.90. The highest BCUT2D eigenvalue weighted by atomic mass is 127. The summed E-state index contributed by atoms with van der Waals surface area (Å²) in [7, 11) is 0. The fraction of sp³-hybridized carbons (Fsp3) is 0.500. The smallest absolute Gasteiger partial charge is 0.303 e. The third kappa shape index (κ3) is 10.5. The average molecular weight is 400 g/mol. The summed E-state index contributed by atoms with van der Waals surface area (Å²) in [4.78, 5) is 10.3. The highest BCUT2D eigenvalue weighted by Gasteiger charge is 1.96. The standard InChI is InChI=1S/C18H25IO2/c19-17-14-12-16(13-15-17)10-8-6-4-2-1-3-5-7-9-11-18(20)21/h8,10,12-15H,1-7,9,11H2,(H,20,21)/b10-8+. The lowest BCUT2D eigenvalue weighted by Crippen LogP contribution is -1.93. The molecule has 0 aliphatic carbocycles. The Hall–Kier alpha value is -0.840. The molecule has 0 aliphatic rings. The van der Waals surface area contributed by atoms with E-state index in [4.69, 9.17) is 5.11 Å². The molecule has 1 aromatic carbocycles. The van der Waals surface area contributed by atoms with Crippen LogP contribution in [0.4, 0.5) is 0 Å². The lowest BCUT2D eigenvalue weighted by atomic mass is 10.1. The Morgan fingerprint density at radius 2 is 1.52 bits per heavy atom. The molecule has 0 fully saturated rings. The molecular weight excluding hydrogens is 375 g/mol. The van der Waals surface area contributed by atoms with Crippen LogP contribution in [0.2, 0.25) is 0 Å². The van der Waals surface area contributed by atoms with E-state index in [0.29, 0.717) is 6.42 Å². The first-order chi connectivity index (χ1) is 10.2. The first kappa shape index (κ1) is 18.2. The largest absolute Gasteiger partial charge is 0.481 e. The second-order valence-corrected chi connectivity index (χ2v) is 6.61. The predicted molar refractivity (Wildman–Crippen MR) is 97.4 cm³/mol. The number of benzene rings is 1. The van der Waals surface area contributed by atoms with Crippen molar-refractivity contribution in [2.75, 3.05) is 0 Å². The molecular formula is C18H25IO2. The van der Waals surface area contributed by atoms with Crippen molar-refractivity contribution in [3.63, 3.8) is 0 Å². The van der Waals surface area contributed by atoms with Crippen molar-refractivity contribution in [3.05, 3.63) is 39.5 Å². The van der Waals surface area contributed by atoms with Gasteiger partial charge in [-0.2, -0.15) is 0 Å². The maximum Gasteiger partial charge on any atom is 0.303 e. The van der Waals surface area contributed by atoms with Crippen LogP contribution < -0.4 is 0 Å². The molecule has 0 saturated heterocycles. The van der Waals surface area contributed by atoms with Crippen LogP contribution >= 0.6 is 22.6 Å². The van der Waals surface area contributed by atoms with Crippen molar-refractivity contribution >= 4 is 34.6 Å². The van der Waals surface area contributed by atoms with Crippen LogP contribution in [0.5, 0.6) is 0 Å². The molecule has 0 bridgehead atoms. The summed E-state index contributed by atoms with van der Waals surface area (Å²) in [5.74, 6) is -0.671. The molecule has 0 aliphatic heterocycles. The lowest BCUT2D eigenvalue weighted by molar-refractivity contribution is -0.137. The maximum atomic E-state index is 10.3. The molecule has 1 N–H and O–H groups in total. The van der Waals surface area contributed by atoms with Gasteiger partial charge in [0.1, 0.15) is 0 Å². The zero-order valence-corrected chi connectivity index (χ0v) is 14.7. The van der Waals surface area contributed by atoms with E-state index in [1.807, 2.05) is 0 Å². The number of unbranched alkanes of at least 4 members (excludes halogenated alkanes) is 7. The van der Waals surface area contributed by atoms with Crippen molar-refractivity contribution < 1.29 is 9.90 Å². The van der Waals surface area contributed by atoms with Crippen molar-refractivity contribution in [1.29, 1.82) is 0 Å². The van der Waals surface area contributed by atoms with Crippen LogP contribution in [0, 0.1) is 3.57 Å². The molecule has 1 aromatic rings. The Kier molecular flexibility index (Phi) is 10.2. The average Bonchev–Trinajstić information content (AvgIpc) is 2.46. The van der Waals surface area contributed by atoms with Crippen LogP contribution in [0.15, 0.2) is 30.3 Å². The molecule has 0 unspecified atom stereocenters. The number of carboxylic acid groups (broad SMARTS) is 1. The van der Waals surface area contributed by atoms with Gasteiger partial charge in [-0.3, -0.25) is 4.79 Å². The van der Waals surface area contributed by atoms with Crippen molar-refractivity contribution in [2.45, 2.75) is 57.8 Å². The third-order valence-electron chi connectivity index (χ3n) is 3.44. The quantitative estimate of drug-likeness (QED) is 0.371. The Balaban J connectivity index is 1.92. The van der Waals surface area contributed by atoms with Gasteiger partial charge in [-0.1, -0.05) is 56.4 Å². The van der Waals surface area contributed by atoms with E-state index in [-0.39, 0.29) is 0 Å². The van der Waals surface area contributed by atoms with Crippen molar-refractivity contribution in [2.24, 2.45) is 0 Å². The zero-order chi connectivity index (χ0) is 15.3. The summed E-state index contributed by atoms with van der Waals surface area (Å²) in [5, 5.41) is 8.53. The fourth-order valence-electron chi connectivity index (χ4n) is 2.22. The highest BCUT2D eigenvalue weighted by Crippen LogP contribution is 2.12. The molecule has 0 radical (unpaired) electrons. The van der Waals surface area contributed by atoms with E-state index in [1.54, 1.807) is 0 Å². The summed E-state index contributed by atoms with van der Waals surface area (Å²) in [6.45, 7) is 0. The molecule has 0 spiro atoms. The van der Waals surface area contributed by atoms with E-state index in [1.165, 1.54) is 41.2 Å². The molecule has 0 aromatic heterocycles. The van der Waals surface area contributed by atoms with Gasteiger partial charge in [0.2, 0.25) is 0 Å². The minimum Gasteiger partial charge on any atom is -0.481 e. The van der Waals surface area contributed by atoms with Gasteiger partial charge < -0.3 is 5.11 Å². The van der Waals surface area contributed by atoms with Gasteiger partial charge in [-0.25, -0.2) is 0 Å². The van der Waals surface area contributed by atoms with Crippen molar-refractivity contribution in [3.8, 4) is 0 Å². The van der Waals surface area contributed by atoms with Crippen LogP contribution in [0.1, 0.15) is 63.4 Å². The van der Waals surface area contributed by atoms with Gasteiger partial charge >= 0.3 is 5.97 Å². The van der Waals surface area contributed by atoms with Gasteiger partial charge in [0, 0.05) is 9.99 Å². The third-order valence-corrected chi connectivity index (χ3v) is 4.16. The SMILES string of the molecule is O=C(O)CCCCCCCCC/C=C/c1ccc(I)cc1. The molecule has 2 nitrogen and oxygen atoms in total. The molecule has 3 heteroatoms. The zero-order valence-electron chi connectivity index (χ0n) is 12.6. The Bertz CT molecular complexity index is 423. The Labute approximate surface area is 141 Å². The van der Waals surface area contributed by atoms with Crippen LogP contribution in [-0.2, 0) is 4.79 Å². The van der Waals surface area contributed by atoms with Crippen molar-refractivity contribution in [1.82, 2.24) is 0 Å². The van der Waals surface area contributed by atoms with Gasteiger partial charge in [0.05, 0.1) is 0 Å². The second-order valence-electron chi connectivity index (χ2n) is 5.36. The molecule has 0 heterocycles. The maximum absolute atomic E-state index is 10.3. The number of rotatable bonds is 11. The van der Waals surface area contributed by atoms with Crippen LogP contribution in [0.3, 0.4) is 0 Å². The molecule has 116 valence electrons. The van der Waals surface area contributed by atoms with Gasteiger partial charge in [-0.15, -0.1) is 0 Å². The summed E-state index contributed by atoms with van der Waals surface area (Å²) in [6, 6.07) is 8.56. The normalized spacial score (nSPS) is 11.1. The fourth-order valence-corrected chi connectivity index (χ4v) is 2.58. The van der Waals surface area contributed by atoms with Crippen LogP contribution in [-0.4, -0.2) is 11.1 Å². The van der Waals surface area contributed by atoms with Gasteiger partial charge in [0.15, 0.2) is 0 Å². The molecule has 0 atom stereocenters. The van der Waals surface area contributed by atoms with E-state index in [9.17, 15) is 4.79 Å². The minimum atomic E-state index is -0.671. The molecule has 1 rings (SSSR count). The second kappa shape index (κ2) is 11.8. The number of hydrogen-bond acceptors (Lipinski definition) is 1. The topological polar surface area (TPSA) is 37.3 Å². The van der Waals surface area contributed by atoms with Crippen LogP contribution in [0.25, 0.3) is 6.08 Å². The summed E-state index contributed by atoms with van der Waals surface area (Å²) >= 11 is 2.32. The first-order valence-corrected chi connectivity index (χ1v) is 8.90.